The molecule has 2 rings (SSSR count). The van der Waals surface area contributed by atoms with Gasteiger partial charge in [-0.15, -0.1) is 12.4 Å². The molecule has 0 aliphatic carbocycles. The summed E-state index contributed by atoms with van der Waals surface area (Å²) in [7, 11) is 0. The third-order valence-corrected chi connectivity index (χ3v) is 2.97. The molecule has 2 heterocycles. The first-order chi connectivity index (χ1) is 8.11. The van der Waals surface area contributed by atoms with Gasteiger partial charge in [-0.3, -0.25) is 4.79 Å². The predicted octanol–water partition coefficient (Wildman–Crippen LogP) is 1.41. The quantitative estimate of drug-likeness (QED) is 0.885. The van der Waals surface area contributed by atoms with Crippen LogP contribution in [-0.4, -0.2) is 36.1 Å². The number of ether oxygens (including phenoxy) is 1. The fraction of sp³-hybridized carbons (Fsp3) is 0.583. The van der Waals surface area contributed by atoms with E-state index >= 15 is 0 Å². The first kappa shape index (κ1) is 15.0. The Labute approximate surface area is 113 Å². The van der Waals surface area contributed by atoms with Crippen LogP contribution in [0.2, 0.25) is 0 Å². The van der Waals surface area contributed by atoms with E-state index in [4.69, 9.17) is 14.9 Å². The molecule has 0 bridgehead atoms. The number of hydrogen-bond donors (Lipinski definition) is 1. The first-order valence-electron chi connectivity index (χ1n) is 5.82. The zero-order valence-electron chi connectivity index (χ0n) is 10.6. The van der Waals surface area contributed by atoms with Gasteiger partial charge in [0.05, 0.1) is 30.9 Å². The monoisotopic (exact) mass is 274 g/mol. The lowest BCUT2D eigenvalue weighted by Gasteiger charge is -2.36. The van der Waals surface area contributed by atoms with Gasteiger partial charge in [0.25, 0.3) is 5.91 Å². The summed E-state index contributed by atoms with van der Waals surface area (Å²) in [5.41, 5.74) is 6.01. The van der Waals surface area contributed by atoms with Gasteiger partial charge in [-0.25, -0.2) is 0 Å². The van der Waals surface area contributed by atoms with Crippen molar-refractivity contribution in [1.82, 2.24) is 4.90 Å². The van der Waals surface area contributed by atoms with Gasteiger partial charge in [0, 0.05) is 6.54 Å². The minimum Gasteiger partial charge on any atom is -0.467 e. The van der Waals surface area contributed by atoms with Crippen LogP contribution in [0.15, 0.2) is 16.7 Å². The smallest absolute Gasteiger partial charge is 0.257 e. The number of morpholine rings is 1. The largest absolute Gasteiger partial charge is 0.467 e. The lowest BCUT2D eigenvalue weighted by Crippen LogP contribution is -2.50. The van der Waals surface area contributed by atoms with E-state index in [9.17, 15) is 4.79 Å². The molecule has 1 amide bonds. The highest BCUT2D eigenvalue weighted by Gasteiger charge is 2.28. The van der Waals surface area contributed by atoms with E-state index in [-0.39, 0.29) is 30.5 Å². The number of carbonyl (C=O) groups is 1. The SMILES string of the molecule is CC1CN(C(=O)c2coc(CN)c2)C(C)CO1.Cl. The van der Waals surface area contributed by atoms with Crippen molar-refractivity contribution < 1.29 is 13.9 Å². The molecule has 0 spiro atoms. The standard InChI is InChI=1S/C12H18N2O3.ClH/c1-8-6-16-9(2)5-14(8)12(15)10-3-11(4-13)17-7-10;/h3,7-9H,4-6,13H2,1-2H3;1H. The highest BCUT2D eigenvalue weighted by Crippen LogP contribution is 2.17. The molecule has 0 radical (unpaired) electrons. The average Bonchev–Trinajstić information content (AvgIpc) is 2.80. The molecule has 2 atom stereocenters. The molecule has 18 heavy (non-hydrogen) atoms. The summed E-state index contributed by atoms with van der Waals surface area (Å²) in [5.74, 6) is 0.610. The fourth-order valence-electron chi connectivity index (χ4n) is 1.95. The summed E-state index contributed by atoms with van der Waals surface area (Å²) in [6.07, 6.45) is 1.55. The van der Waals surface area contributed by atoms with Crippen molar-refractivity contribution in [1.29, 1.82) is 0 Å². The lowest BCUT2D eigenvalue weighted by atomic mass is 10.1. The van der Waals surface area contributed by atoms with Gasteiger partial charge >= 0.3 is 0 Å². The third kappa shape index (κ3) is 3.04. The summed E-state index contributed by atoms with van der Waals surface area (Å²) >= 11 is 0. The summed E-state index contributed by atoms with van der Waals surface area (Å²) in [5, 5.41) is 0. The molecule has 2 N–H and O–H groups in total. The summed E-state index contributed by atoms with van der Waals surface area (Å²) in [4.78, 5) is 14.1. The molecule has 1 aliphatic heterocycles. The van der Waals surface area contributed by atoms with E-state index < -0.39 is 0 Å². The molecule has 1 aromatic heterocycles. The molecule has 6 heteroatoms. The number of rotatable bonds is 2. The average molecular weight is 275 g/mol. The Hall–Kier alpha value is -1.04. The Bertz CT molecular complexity index is 408. The second-order valence-electron chi connectivity index (χ2n) is 4.46. The van der Waals surface area contributed by atoms with Gasteiger partial charge in [0.1, 0.15) is 12.0 Å². The number of nitrogens with two attached hydrogens (primary N) is 1. The van der Waals surface area contributed by atoms with Crippen LogP contribution < -0.4 is 5.73 Å². The molecule has 0 saturated carbocycles. The van der Waals surface area contributed by atoms with Gasteiger partial charge in [0.15, 0.2) is 0 Å². The number of halogens is 1. The maximum Gasteiger partial charge on any atom is 0.257 e. The fourth-order valence-corrected chi connectivity index (χ4v) is 1.95. The van der Waals surface area contributed by atoms with E-state index in [1.807, 2.05) is 18.7 Å². The maximum atomic E-state index is 12.3. The zero-order valence-corrected chi connectivity index (χ0v) is 11.4. The van der Waals surface area contributed by atoms with Crippen LogP contribution in [0.25, 0.3) is 0 Å². The van der Waals surface area contributed by atoms with Gasteiger partial charge < -0.3 is 19.8 Å². The van der Waals surface area contributed by atoms with Gasteiger partial charge in [-0.2, -0.15) is 0 Å². The van der Waals surface area contributed by atoms with E-state index in [1.54, 1.807) is 6.07 Å². The second-order valence-corrected chi connectivity index (χ2v) is 4.46. The molecule has 1 aromatic rings. The Morgan fingerprint density at radius 2 is 2.28 bits per heavy atom. The van der Waals surface area contributed by atoms with E-state index in [0.29, 0.717) is 31.0 Å². The van der Waals surface area contributed by atoms with E-state index in [1.165, 1.54) is 6.26 Å². The number of carbonyl (C=O) groups excluding carboxylic acids is 1. The van der Waals surface area contributed by atoms with Crippen LogP contribution in [0.3, 0.4) is 0 Å². The predicted molar refractivity (Wildman–Crippen MR) is 69.8 cm³/mol. The molecule has 1 saturated heterocycles. The van der Waals surface area contributed by atoms with Gasteiger partial charge in [-0.1, -0.05) is 0 Å². The summed E-state index contributed by atoms with van der Waals surface area (Å²) < 4.78 is 10.7. The Kier molecular flexibility index (Phi) is 5.19. The van der Waals surface area contributed by atoms with Crippen LogP contribution in [0.1, 0.15) is 30.0 Å². The molecule has 2 unspecified atom stereocenters. The van der Waals surface area contributed by atoms with E-state index in [2.05, 4.69) is 0 Å². The molecule has 5 nitrogen and oxygen atoms in total. The maximum absolute atomic E-state index is 12.3. The van der Waals surface area contributed by atoms with Crippen LogP contribution >= 0.6 is 12.4 Å². The lowest BCUT2D eigenvalue weighted by molar-refractivity contribution is -0.0387. The summed E-state index contributed by atoms with van der Waals surface area (Å²) in [6.45, 7) is 5.44. The van der Waals surface area contributed by atoms with Crippen LogP contribution in [0.4, 0.5) is 0 Å². The minimum atomic E-state index is -0.0175. The molecule has 102 valence electrons. The van der Waals surface area contributed by atoms with Gasteiger partial charge in [-0.05, 0) is 19.9 Å². The van der Waals surface area contributed by atoms with Crippen molar-refractivity contribution in [2.75, 3.05) is 13.2 Å². The highest BCUT2D eigenvalue weighted by molar-refractivity contribution is 5.94. The second kappa shape index (κ2) is 6.22. The van der Waals surface area contributed by atoms with Crippen molar-refractivity contribution in [3.05, 3.63) is 23.7 Å². The van der Waals surface area contributed by atoms with Crippen LogP contribution in [-0.2, 0) is 11.3 Å². The molecule has 0 aromatic carbocycles. The van der Waals surface area contributed by atoms with Crippen molar-refractivity contribution in [2.24, 2.45) is 5.73 Å². The molecule has 1 aliphatic rings. The summed E-state index contributed by atoms with van der Waals surface area (Å²) in [6, 6.07) is 1.80. The number of furan rings is 1. The van der Waals surface area contributed by atoms with Crippen LogP contribution in [0.5, 0.6) is 0 Å². The third-order valence-electron chi connectivity index (χ3n) is 2.97. The topological polar surface area (TPSA) is 68.7 Å². The Morgan fingerprint density at radius 1 is 1.56 bits per heavy atom. The number of amides is 1. The van der Waals surface area contributed by atoms with Crippen molar-refractivity contribution in [3.63, 3.8) is 0 Å². The normalized spacial score (nSPS) is 23.6. The minimum absolute atomic E-state index is 0. The molecular formula is C12H19ClN2O3. The van der Waals surface area contributed by atoms with E-state index in [0.717, 1.165) is 0 Å². The first-order valence-corrected chi connectivity index (χ1v) is 5.82. The highest BCUT2D eigenvalue weighted by atomic mass is 35.5. The molecular weight excluding hydrogens is 256 g/mol. The molecule has 1 fully saturated rings. The van der Waals surface area contributed by atoms with Gasteiger partial charge in [0.2, 0.25) is 0 Å². The number of nitrogens with zero attached hydrogens (tertiary/aromatic N) is 1. The number of hydrogen-bond acceptors (Lipinski definition) is 4. The van der Waals surface area contributed by atoms with Crippen molar-refractivity contribution in [3.8, 4) is 0 Å². The van der Waals surface area contributed by atoms with Crippen LogP contribution in [0, 0.1) is 0 Å². The van der Waals surface area contributed by atoms with Crippen molar-refractivity contribution >= 4 is 18.3 Å². The Balaban J connectivity index is 0.00000162. The van der Waals surface area contributed by atoms with Crippen molar-refractivity contribution in [2.45, 2.75) is 32.5 Å². The zero-order chi connectivity index (χ0) is 12.4. The Morgan fingerprint density at radius 3 is 2.89 bits per heavy atom.